The topological polar surface area (TPSA) is 69.0 Å². The van der Waals surface area contributed by atoms with Crippen LogP contribution in [0, 0.1) is 18.6 Å². The molecule has 2 aromatic heterocycles. The van der Waals surface area contributed by atoms with E-state index in [-0.39, 0.29) is 22.9 Å². The maximum absolute atomic E-state index is 14.0. The number of pyridine rings is 1. The van der Waals surface area contributed by atoms with Gasteiger partial charge in [-0.05, 0) is 25.1 Å². The van der Waals surface area contributed by atoms with E-state index in [2.05, 4.69) is 15.4 Å². The molecule has 0 aliphatic rings. The second-order valence-electron chi connectivity index (χ2n) is 5.90. The summed E-state index contributed by atoms with van der Waals surface area (Å²) in [6.07, 6.45) is -3.43. The number of aromatic nitrogens is 3. The van der Waals surface area contributed by atoms with Gasteiger partial charge in [0, 0.05) is 17.8 Å². The van der Waals surface area contributed by atoms with Crippen molar-refractivity contribution in [3.05, 3.63) is 65.1 Å². The molecule has 0 saturated heterocycles. The van der Waals surface area contributed by atoms with Gasteiger partial charge < -0.3 is 10.1 Å². The summed E-state index contributed by atoms with van der Waals surface area (Å²) in [5, 5.41) is 5.70. The number of amides is 1. The summed E-state index contributed by atoms with van der Waals surface area (Å²) >= 11 is 0. The molecule has 152 valence electrons. The molecule has 3 aromatic rings. The largest absolute Gasteiger partial charge is 0.497 e. The summed E-state index contributed by atoms with van der Waals surface area (Å²) in [6.45, 7) is 1.44. The number of benzene rings is 1. The van der Waals surface area contributed by atoms with Crippen LogP contribution in [-0.2, 0) is 6.18 Å². The fourth-order valence-corrected chi connectivity index (χ4v) is 2.52. The van der Waals surface area contributed by atoms with Crippen LogP contribution in [0.5, 0.6) is 5.75 Å². The normalized spacial score (nSPS) is 11.4. The highest BCUT2D eigenvalue weighted by molar-refractivity contribution is 6.04. The van der Waals surface area contributed by atoms with Crippen molar-refractivity contribution in [2.24, 2.45) is 0 Å². The third-order valence-electron chi connectivity index (χ3n) is 3.89. The number of alkyl halides is 3. The number of aryl methyl sites for hydroxylation is 1. The van der Waals surface area contributed by atoms with Crippen LogP contribution < -0.4 is 10.1 Å². The van der Waals surface area contributed by atoms with Gasteiger partial charge in [0.05, 0.1) is 19.0 Å². The van der Waals surface area contributed by atoms with E-state index in [9.17, 15) is 26.7 Å². The summed E-state index contributed by atoms with van der Waals surface area (Å²) in [4.78, 5) is 16.0. The number of carbonyl (C=O) groups is 1. The quantitative estimate of drug-likeness (QED) is 0.655. The van der Waals surface area contributed by atoms with Gasteiger partial charge in [-0.15, -0.1) is 0 Å². The van der Waals surface area contributed by atoms with Crippen molar-refractivity contribution in [2.75, 3.05) is 12.4 Å². The lowest BCUT2D eigenvalue weighted by Crippen LogP contribution is -2.17. The van der Waals surface area contributed by atoms with E-state index in [1.165, 1.54) is 26.2 Å². The fraction of sp³-hybridized carbons (Fsp3) is 0.167. The number of anilines is 1. The summed E-state index contributed by atoms with van der Waals surface area (Å²) in [5.41, 5.74) is -1.46. The Labute approximate surface area is 160 Å². The lowest BCUT2D eigenvalue weighted by atomic mass is 10.1. The first-order valence-corrected chi connectivity index (χ1v) is 8.05. The maximum atomic E-state index is 14.0. The Hall–Kier alpha value is -3.50. The van der Waals surface area contributed by atoms with Crippen LogP contribution in [0.15, 0.2) is 36.5 Å². The van der Waals surface area contributed by atoms with Crippen LogP contribution in [0.1, 0.15) is 21.7 Å². The highest BCUT2D eigenvalue weighted by Crippen LogP contribution is 2.29. The van der Waals surface area contributed by atoms with Gasteiger partial charge in [0.1, 0.15) is 28.8 Å². The first-order valence-electron chi connectivity index (χ1n) is 8.05. The van der Waals surface area contributed by atoms with E-state index in [4.69, 9.17) is 4.74 Å². The Kier molecular flexibility index (Phi) is 5.23. The maximum Gasteiger partial charge on any atom is 0.435 e. The summed E-state index contributed by atoms with van der Waals surface area (Å²) in [6, 6.07) is 5.20. The molecular formula is C18H13F5N4O2. The van der Waals surface area contributed by atoms with E-state index in [1.54, 1.807) is 0 Å². The Morgan fingerprint density at radius 2 is 1.79 bits per heavy atom. The average molecular weight is 412 g/mol. The van der Waals surface area contributed by atoms with Gasteiger partial charge in [-0.1, -0.05) is 0 Å². The predicted octanol–water partition coefficient (Wildman–Crippen LogP) is 4.13. The predicted molar refractivity (Wildman–Crippen MR) is 92.0 cm³/mol. The van der Waals surface area contributed by atoms with Crippen LogP contribution in [0.3, 0.4) is 0 Å². The van der Waals surface area contributed by atoms with Crippen molar-refractivity contribution >= 4 is 11.7 Å². The van der Waals surface area contributed by atoms with Crippen molar-refractivity contribution in [1.29, 1.82) is 0 Å². The molecule has 29 heavy (non-hydrogen) atoms. The van der Waals surface area contributed by atoms with Crippen LogP contribution in [0.4, 0.5) is 27.8 Å². The van der Waals surface area contributed by atoms with Crippen LogP contribution >= 0.6 is 0 Å². The van der Waals surface area contributed by atoms with Crippen LogP contribution in [0.25, 0.3) is 5.69 Å². The Morgan fingerprint density at radius 3 is 2.28 bits per heavy atom. The minimum atomic E-state index is -4.59. The molecule has 11 heteroatoms. The van der Waals surface area contributed by atoms with Crippen molar-refractivity contribution in [3.63, 3.8) is 0 Å². The SMILES string of the molecule is COc1cc(F)c(C(=O)Nc2ccc(-n3nc(C(F)(F)F)cc3C)cn2)c(F)c1. The summed E-state index contributed by atoms with van der Waals surface area (Å²) in [7, 11) is 1.22. The second kappa shape index (κ2) is 7.49. The van der Waals surface area contributed by atoms with Gasteiger partial charge >= 0.3 is 6.18 Å². The first-order chi connectivity index (χ1) is 13.6. The fourth-order valence-electron chi connectivity index (χ4n) is 2.52. The van der Waals surface area contributed by atoms with Gasteiger partial charge in [0.15, 0.2) is 5.69 Å². The Balaban J connectivity index is 1.82. The molecule has 1 N–H and O–H groups in total. The summed E-state index contributed by atoms with van der Waals surface area (Å²) in [5.74, 6) is -3.48. The van der Waals surface area contributed by atoms with Crippen LogP contribution in [-0.4, -0.2) is 27.8 Å². The number of methoxy groups -OCH3 is 1. The number of nitrogens with one attached hydrogen (secondary N) is 1. The van der Waals surface area contributed by atoms with Gasteiger partial charge in [-0.3, -0.25) is 4.79 Å². The molecule has 0 atom stereocenters. The zero-order chi connectivity index (χ0) is 21.3. The molecule has 1 amide bonds. The monoisotopic (exact) mass is 412 g/mol. The lowest BCUT2D eigenvalue weighted by molar-refractivity contribution is -0.141. The van der Waals surface area contributed by atoms with Crippen molar-refractivity contribution in [3.8, 4) is 11.4 Å². The Bertz CT molecular complexity index is 1040. The molecule has 0 fully saturated rings. The number of nitrogens with zero attached hydrogens (tertiary/aromatic N) is 3. The van der Waals surface area contributed by atoms with Gasteiger partial charge in [0.2, 0.25) is 0 Å². The first kappa shape index (κ1) is 20.2. The van der Waals surface area contributed by atoms with Crippen molar-refractivity contribution in [2.45, 2.75) is 13.1 Å². The smallest absolute Gasteiger partial charge is 0.435 e. The van der Waals surface area contributed by atoms with Crippen LogP contribution in [0.2, 0.25) is 0 Å². The number of halogens is 5. The number of hydrogen-bond acceptors (Lipinski definition) is 4. The van der Waals surface area contributed by atoms with E-state index >= 15 is 0 Å². The molecule has 0 bridgehead atoms. The number of ether oxygens (including phenoxy) is 1. The molecule has 6 nitrogen and oxygen atoms in total. The number of carbonyl (C=O) groups excluding carboxylic acids is 1. The van der Waals surface area contributed by atoms with Gasteiger partial charge in [-0.2, -0.15) is 18.3 Å². The molecule has 0 saturated carbocycles. The molecule has 2 heterocycles. The van der Waals surface area contributed by atoms with E-state index in [0.29, 0.717) is 0 Å². The zero-order valence-electron chi connectivity index (χ0n) is 15.0. The minimum Gasteiger partial charge on any atom is -0.497 e. The van der Waals surface area contributed by atoms with Gasteiger partial charge in [-0.25, -0.2) is 18.4 Å². The molecule has 0 aliphatic heterocycles. The van der Waals surface area contributed by atoms with Crippen molar-refractivity contribution < 1.29 is 31.5 Å². The van der Waals surface area contributed by atoms with E-state index in [1.807, 2.05) is 0 Å². The van der Waals surface area contributed by atoms with E-state index < -0.39 is 35.0 Å². The molecule has 0 aliphatic carbocycles. The molecule has 0 spiro atoms. The highest BCUT2D eigenvalue weighted by atomic mass is 19.4. The third kappa shape index (κ3) is 4.18. The molecule has 3 rings (SSSR count). The standard InChI is InChI=1S/C18H13F5N4O2/c1-9-5-14(18(21,22)23)26-27(9)10-3-4-15(24-8-10)25-17(28)16-12(19)6-11(29-2)7-13(16)20/h3-8H,1-2H3,(H,24,25,28). The minimum absolute atomic E-state index is 0.0609. The lowest BCUT2D eigenvalue weighted by Gasteiger charge is -2.09. The number of rotatable bonds is 4. The van der Waals surface area contributed by atoms with E-state index in [0.717, 1.165) is 29.1 Å². The number of hydrogen-bond donors (Lipinski definition) is 1. The molecule has 0 unspecified atom stereocenters. The zero-order valence-corrected chi connectivity index (χ0v) is 15.0. The highest BCUT2D eigenvalue weighted by Gasteiger charge is 2.34. The second-order valence-corrected chi connectivity index (χ2v) is 5.90. The summed E-state index contributed by atoms with van der Waals surface area (Å²) < 4.78 is 72.0. The average Bonchev–Trinajstić information content (AvgIpc) is 3.04. The third-order valence-corrected chi connectivity index (χ3v) is 3.89. The molecule has 0 radical (unpaired) electrons. The Morgan fingerprint density at radius 1 is 1.14 bits per heavy atom. The van der Waals surface area contributed by atoms with Gasteiger partial charge in [0.25, 0.3) is 5.91 Å². The van der Waals surface area contributed by atoms with Crippen molar-refractivity contribution in [1.82, 2.24) is 14.8 Å². The molecule has 1 aromatic carbocycles. The molecular weight excluding hydrogens is 399 g/mol.